The van der Waals surface area contributed by atoms with Crippen LogP contribution in [0.25, 0.3) is 0 Å². The maximum Gasteiger partial charge on any atom is 0.123 e. The minimum Gasteiger partial charge on any atom is -0.310 e. The van der Waals surface area contributed by atoms with E-state index in [1.165, 1.54) is 38.2 Å². The number of hydrogen-bond acceptors (Lipinski definition) is 1. The molecule has 18 heavy (non-hydrogen) atoms. The van der Waals surface area contributed by atoms with E-state index in [1.54, 1.807) is 12.1 Å². The van der Waals surface area contributed by atoms with Crippen LogP contribution in [0.15, 0.2) is 18.2 Å². The van der Waals surface area contributed by atoms with Crippen LogP contribution in [-0.2, 0) is 0 Å². The highest BCUT2D eigenvalue weighted by Gasteiger charge is 2.26. The summed E-state index contributed by atoms with van der Waals surface area (Å²) >= 11 is 6.24. The van der Waals surface area contributed by atoms with Gasteiger partial charge >= 0.3 is 0 Å². The van der Waals surface area contributed by atoms with Crippen molar-refractivity contribution in [1.29, 1.82) is 0 Å². The number of benzene rings is 1. The molecule has 0 spiro atoms. The SMILES string of the molecule is CCNC(c1cc(F)ccc1Cl)C1CCCCC1. The van der Waals surface area contributed by atoms with Crippen LogP contribution < -0.4 is 5.32 Å². The van der Waals surface area contributed by atoms with Gasteiger partial charge < -0.3 is 5.32 Å². The molecule has 1 saturated carbocycles. The predicted octanol–water partition coefficient (Wildman–Crippen LogP) is 4.71. The van der Waals surface area contributed by atoms with E-state index >= 15 is 0 Å². The lowest BCUT2D eigenvalue weighted by atomic mass is 9.81. The molecule has 0 heterocycles. The summed E-state index contributed by atoms with van der Waals surface area (Å²) in [4.78, 5) is 0. The molecule has 0 saturated heterocycles. The average Bonchev–Trinajstić information content (AvgIpc) is 2.40. The van der Waals surface area contributed by atoms with Gasteiger partial charge in [-0.05, 0) is 49.1 Å². The van der Waals surface area contributed by atoms with Gasteiger partial charge in [-0.25, -0.2) is 4.39 Å². The minimum absolute atomic E-state index is 0.193. The van der Waals surface area contributed by atoms with Crippen molar-refractivity contribution in [3.05, 3.63) is 34.6 Å². The Hall–Kier alpha value is -0.600. The van der Waals surface area contributed by atoms with E-state index in [0.717, 1.165) is 12.1 Å². The second-order valence-electron chi connectivity index (χ2n) is 5.10. The van der Waals surface area contributed by atoms with Crippen molar-refractivity contribution in [2.45, 2.75) is 45.1 Å². The maximum atomic E-state index is 13.4. The summed E-state index contributed by atoms with van der Waals surface area (Å²) in [5, 5.41) is 4.16. The molecule has 0 aromatic heterocycles. The third-order valence-corrected chi connectivity index (χ3v) is 4.18. The normalized spacial score (nSPS) is 18.8. The highest BCUT2D eigenvalue weighted by atomic mass is 35.5. The van der Waals surface area contributed by atoms with Gasteiger partial charge in [-0.1, -0.05) is 37.8 Å². The monoisotopic (exact) mass is 269 g/mol. The van der Waals surface area contributed by atoms with Crippen molar-refractivity contribution in [2.75, 3.05) is 6.54 Å². The summed E-state index contributed by atoms with van der Waals surface area (Å²) in [5.74, 6) is 0.381. The maximum absolute atomic E-state index is 13.4. The summed E-state index contributed by atoms with van der Waals surface area (Å²) < 4.78 is 13.4. The first-order valence-electron chi connectivity index (χ1n) is 6.90. The molecule has 1 aromatic carbocycles. The van der Waals surface area contributed by atoms with Gasteiger partial charge in [-0.2, -0.15) is 0 Å². The topological polar surface area (TPSA) is 12.0 Å². The zero-order valence-corrected chi connectivity index (χ0v) is 11.6. The molecular formula is C15H21ClFN. The van der Waals surface area contributed by atoms with Crippen molar-refractivity contribution < 1.29 is 4.39 Å². The van der Waals surface area contributed by atoms with Crippen molar-refractivity contribution in [1.82, 2.24) is 5.32 Å². The van der Waals surface area contributed by atoms with Gasteiger partial charge in [0.1, 0.15) is 5.82 Å². The molecule has 1 aromatic rings. The molecule has 1 aliphatic carbocycles. The number of hydrogen-bond donors (Lipinski definition) is 1. The lowest BCUT2D eigenvalue weighted by Crippen LogP contribution is -2.30. The van der Waals surface area contributed by atoms with Gasteiger partial charge in [0.05, 0.1) is 0 Å². The molecule has 1 atom stereocenters. The van der Waals surface area contributed by atoms with Gasteiger partial charge in [0, 0.05) is 11.1 Å². The number of rotatable bonds is 4. The zero-order chi connectivity index (χ0) is 13.0. The Morgan fingerprint density at radius 3 is 2.72 bits per heavy atom. The smallest absolute Gasteiger partial charge is 0.123 e. The second-order valence-corrected chi connectivity index (χ2v) is 5.51. The van der Waals surface area contributed by atoms with Crippen LogP contribution in [-0.4, -0.2) is 6.54 Å². The largest absolute Gasteiger partial charge is 0.310 e. The highest BCUT2D eigenvalue weighted by Crippen LogP contribution is 2.37. The molecule has 100 valence electrons. The minimum atomic E-state index is -0.201. The van der Waals surface area contributed by atoms with E-state index in [-0.39, 0.29) is 11.9 Å². The van der Waals surface area contributed by atoms with Crippen LogP contribution in [0.2, 0.25) is 5.02 Å². The van der Waals surface area contributed by atoms with Crippen LogP contribution in [0.1, 0.15) is 50.6 Å². The Labute approximate surface area is 114 Å². The Bertz CT molecular complexity index is 388. The Balaban J connectivity index is 2.24. The Morgan fingerprint density at radius 2 is 2.06 bits per heavy atom. The first-order chi connectivity index (χ1) is 8.72. The van der Waals surface area contributed by atoms with E-state index in [4.69, 9.17) is 11.6 Å². The van der Waals surface area contributed by atoms with Crippen LogP contribution in [0.3, 0.4) is 0 Å². The fourth-order valence-corrected chi connectivity index (χ4v) is 3.21. The fraction of sp³-hybridized carbons (Fsp3) is 0.600. The summed E-state index contributed by atoms with van der Waals surface area (Å²) in [6, 6.07) is 4.87. The Kier molecular flexibility index (Phi) is 5.02. The summed E-state index contributed by atoms with van der Waals surface area (Å²) in [6.07, 6.45) is 6.31. The van der Waals surface area contributed by atoms with E-state index in [9.17, 15) is 4.39 Å². The average molecular weight is 270 g/mol. The highest BCUT2D eigenvalue weighted by molar-refractivity contribution is 6.31. The van der Waals surface area contributed by atoms with Crippen LogP contribution in [0.4, 0.5) is 4.39 Å². The number of halogens is 2. The first-order valence-corrected chi connectivity index (χ1v) is 7.28. The van der Waals surface area contributed by atoms with Gasteiger partial charge in [-0.15, -0.1) is 0 Å². The quantitative estimate of drug-likeness (QED) is 0.835. The lowest BCUT2D eigenvalue weighted by molar-refractivity contribution is 0.274. The van der Waals surface area contributed by atoms with Crippen LogP contribution >= 0.6 is 11.6 Å². The van der Waals surface area contributed by atoms with Gasteiger partial charge in [-0.3, -0.25) is 0 Å². The molecule has 1 aliphatic rings. The molecule has 1 fully saturated rings. The standard InChI is InChI=1S/C15H21ClFN/c1-2-18-15(11-6-4-3-5-7-11)13-10-12(17)8-9-14(13)16/h8-11,15,18H,2-7H2,1H3. The van der Waals surface area contributed by atoms with E-state index in [1.807, 2.05) is 0 Å². The van der Waals surface area contributed by atoms with E-state index in [2.05, 4.69) is 12.2 Å². The molecular weight excluding hydrogens is 249 g/mol. The molecule has 0 amide bonds. The van der Waals surface area contributed by atoms with Gasteiger partial charge in [0.25, 0.3) is 0 Å². The molecule has 1 nitrogen and oxygen atoms in total. The van der Waals surface area contributed by atoms with Gasteiger partial charge in [0.2, 0.25) is 0 Å². The zero-order valence-electron chi connectivity index (χ0n) is 10.9. The second kappa shape index (κ2) is 6.53. The first kappa shape index (κ1) is 13.8. The van der Waals surface area contributed by atoms with Crippen molar-refractivity contribution in [3.63, 3.8) is 0 Å². The Morgan fingerprint density at radius 1 is 1.33 bits per heavy atom. The predicted molar refractivity (Wildman–Crippen MR) is 74.4 cm³/mol. The fourth-order valence-electron chi connectivity index (χ4n) is 2.97. The lowest BCUT2D eigenvalue weighted by Gasteiger charge is -2.31. The summed E-state index contributed by atoms with van der Waals surface area (Å²) in [5.41, 5.74) is 0.922. The third-order valence-electron chi connectivity index (χ3n) is 3.84. The molecule has 2 rings (SSSR count). The van der Waals surface area contributed by atoms with E-state index in [0.29, 0.717) is 10.9 Å². The molecule has 1 unspecified atom stereocenters. The molecule has 1 N–H and O–H groups in total. The summed E-state index contributed by atoms with van der Waals surface area (Å²) in [7, 11) is 0. The van der Waals surface area contributed by atoms with Crippen LogP contribution in [0.5, 0.6) is 0 Å². The van der Waals surface area contributed by atoms with Crippen molar-refractivity contribution >= 4 is 11.6 Å². The molecule has 0 aliphatic heterocycles. The van der Waals surface area contributed by atoms with E-state index < -0.39 is 0 Å². The van der Waals surface area contributed by atoms with Crippen molar-refractivity contribution in [2.24, 2.45) is 5.92 Å². The van der Waals surface area contributed by atoms with Crippen molar-refractivity contribution in [3.8, 4) is 0 Å². The van der Waals surface area contributed by atoms with Gasteiger partial charge in [0.15, 0.2) is 0 Å². The van der Waals surface area contributed by atoms with Crippen LogP contribution in [0, 0.1) is 11.7 Å². The summed E-state index contributed by atoms with van der Waals surface area (Å²) in [6.45, 7) is 2.97. The molecule has 0 radical (unpaired) electrons. The molecule has 0 bridgehead atoms. The molecule has 3 heteroatoms. The third kappa shape index (κ3) is 3.24. The number of nitrogens with one attached hydrogen (secondary N) is 1.